The fraction of sp³-hybridized carbons (Fsp3) is 0.636. The van der Waals surface area contributed by atoms with Gasteiger partial charge < -0.3 is 4.74 Å². The predicted molar refractivity (Wildman–Crippen MR) is 54.9 cm³/mol. The van der Waals surface area contributed by atoms with Crippen LogP contribution in [-0.4, -0.2) is 16.4 Å². The Kier molecular flexibility index (Phi) is 3.02. The van der Waals surface area contributed by atoms with E-state index in [2.05, 4.69) is 18.1 Å². The third-order valence-electron chi connectivity index (χ3n) is 2.69. The minimum Gasteiger partial charge on any atom is -0.372 e. The second kappa shape index (κ2) is 4.45. The average Bonchev–Trinajstić information content (AvgIpc) is 2.84. The third-order valence-corrected chi connectivity index (χ3v) is 2.69. The molecule has 4 heteroatoms. The van der Waals surface area contributed by atoms with Gasteiger partial charge in [0, 0.05) is 24.9 Å². The summed E-state index contributed by atoms with van der Waals surface area (Å²) in [6.45, 7) is 3.72. The highest BCUT2D eigenvalue weighted by Crippen LogP contribution is 2.33. The van der Waals surface area contributed by atoms with Crippen LogP contribution in [-0.2, 0) is 11.3 Å². The Bertz CT molecular complexity index is 366. The molecular formula is C11H15N3O. The van der Waals surface area contributed by atoms with Gasteiger partial charge in [0.15, 0.2) is 0 Å². The largest absolute Gasteiger partial charge is 0.372 e. The zero-order chi connectivity index (χ0) is 10.7. The van der Waals surface area contributed by atoms with E-state index in [4.69, 9.17) is 10.00 Å². The van der Waals surface area contributed by atoms with E-state index in [1.165, 1.54) is 0 Å². The summed E-state index contributed by atoms with van der Waals surface area (Å²) < 4.78 is 7.47. The van der Waals surface area contributed by atoms with E-state index in [9.17, 15) is 0 Å². The smallest absolute Gasteiger partial charge is 0.101 e. The van der Waals surface area contributed by atoms with Gasteiger partial charge in [0.1, 0.15) is 6.10 Å². The van der Waals surface area contributed by atoms with Crippen molar-refractivity contribution in [3.05, 3.63) is 18.0 Å². The number of nitrogens with zero attached hydrogens (tertiary/aromatic N) is 3. The molecule has 1 fully saturated rings. The van der Waals surface area contributed by atoms with Gasteiger partial charge in [-0.15, -0.1) is 0 Å². The highest BCUT2D eigenvalue weighted by Gasteiger charge is 2.30. The molecule has 2 atom stereocenters. The number of hydrogen-bond donors (Lipinski definition) is 0. The van der Waals surface area contributed by atoms with Crippen LogP contribution in [0.3, 0.4) is 0 Å². The molecule has 1 aliphatic heterocycles. The molecule has 1 aromatic rings. The molecule has 0 N–H and O–H groups in total. The van der Waals surface area contributed by atoms with E-state index in [0.717, 1.165) is 24.9 Å². The molecule has 0 aromatic carbocycles. The quantitative estimate of drug-likeness (QED) is 0.757. The molecule has 0 saturated carbocycles. The van der Waals surface area contributed by atoms with Crippen molar-refractivity contribution in [3.63, 3.8) is 0 Å². The third kappa shape index (κ3) is 2.02. The Morgan fingerprint density at radius 3 is 3.33 bits per heavy atom. The zero-order valence-corrected chi connectivity index (χ0v) is 8.89. The van der Waals surface area contributed by atoms with Crippen LogP contribution in [0, 0.1) is 17.2 Å². The van der Waals surface area contributed by atoms with Crippen LogP contribution in [0.25, 0.3) is 0 Å². The molecule has 1 saturated heterocycles. The monoisotopic (exact) mass is 205 g/mol. The normalized spacial score (nSPS) is 25.3. The summed E-state index contributed by atoms with van der Waals surface area (Å²) >= 11 is 0. The number of nitriles is 1. The molecule has 2 rings (SSSR count). The Labute approximate surface area is 89.5 Å². The summed E-state index contributed by atoms with van der Waals surface area (Å²) in [5, 5.41) is 13.2. The first-order valence-corrected chi connectivity index (χ1v) is 5.38. The van der Waals surface area contributed by atoms with Gasteiger partial charge in [0.2, 0.25) is 0 Å². The van der Waals surface area contributed by atoms with Crippen LogP contribution in [0.4, 0.5) is 0 Å². The van der Waals surface area contributed by atoms with Gasteiger partial charge in [-0.05, 0) is 12.8 Å². The molecule has 1 aromatic heterocycles. The maximum Gasteiger partial charge on any atom is 0.101 e. The Morgan fingerprint density at radius 2 is 2.60 bits per heavy atom. The zero-order valence-electron chi connectivity index (χ0n) is 8.89. The number of hydrogen-bond acceptors (Lipinski definition) is 3. The van der Waals surface area contributed by atoms with Gasteiger partial charge in [0.05, 0.1) is 18.2 Å². The fourth-order valence-corrected chi connectivity index (χ4v) is 1.93. The molecule has 1 aliphatic rings. The molecule has 0 spiro atoms. The Morgan fingerprint density at radius 1 is 1.73 bits per heavy atom. The van der Waals surface area contributed by atoms with Crippen LogP contribution < -0.4 is 0 Å². The van der Waals surface area contributed by atoms with Crippen molar-refractivity contribution >= 4 is 0 Å². The second-order valence-corrected chi connectivity index (χ2v) is 3.85. The van der Waals surface area contributed by atoms with Gasteiger partial charge in [-0.2, -0.15) is 10.4 Å². The first-order valence-electron chi connectivity index (χ1n) is 5.38. The lowest BCUT2D eigenvalue weighted by molar-refractivity contribution is 0.101. The lowest BCUT2D eigenvalue weighted by Crippen LogP contribution is -2.04. The summed E-state index contributed by atoms with van der Waals surface area (Å²) in [7, 11) is 0. The van der Waals surface area contributed by atoms with Gasteiger partial charge in [-0.3, -0.25) is 4.68 Å². The number of aryl methyl sites for hydroxylation is 1. The van der Waals surface area contributed by atoms with E-state index >= 15 is 0 Å². The minimum absolute atomic E-state index is 0.00993. The molecule has 2 heterocycles. The number of aromatic nitrogens is 2. The van der Waals surface area contributed by atoms with Crippen molar-refractivity contribution < 1.29 is 4.74 Å². The highest BCUT2D eigenvalue weighted by atomic mass is 16.5. The maximum atomic E-state index is 8.95. The van der Waals surface area contributed by atoms with E-state index in [1.54, 1.807) is 0 Å². The van der Waals surface area contributed by atoms with Crippen LogP contribution in [0.1, 0.15) is 31.4 Å². The van der Waals surface area contributed by atoms with E-state index < -0.39 is 0 Å². The highest BCUT2D eigenvalue weighted by molar-refractivity contribution is 5.14. The van der Waals surface area contributed by atoms with Crippen LogP contribution in [0.2, 0.25) is 0 Å². The van der Waals surface area contributed by atoms with E-state index in [1.807, 2.05) is 17.1 Å². The van der Waals surface area contributed by atoms with Gasteiger partial charge in [-0.25, -0.2) is 0 Å². The Hall–Kier alpha value is -1.34. The molecule has 0 bridgehead atoms. The van der Waals surface area contributed by atoms with Crippen molar-refractivity contribution in [2.24, 2.45) is 5.92 Å². The standard InChI is InChI=1S/C11H15N3O/c1-2-4-14-8-10(7-13-14)11-9(6-12)3-5-15-11/h7-9,11H,2-5H2,1H3. The van der Waals surface area contributed by atoms with Crippen molar-refractivity contribution in [3.8, 4) is 6.07 Å². The lowest BCUT2D eigenvalue weighted by atomic mass is 9.99. The van der Waals surface area contributed by atoms with Crippen LogP contribution in [0.5, 0.6) is 0 Å². The number of ether oxygens (including phenoxy) is 1. The topological polar surface area (TPSA) is 50.8 Å². The van der Waals surface area contributed by atoms with Gasteiger partial charge in [-0.1, -0.05) is 6.92 Å². The Balaban J connectivity index is 2.11. The van der Waals surface area contributed by atoms with Gasteiger partial charge >= 0.3 is 0 Å². The molecule has 80 valence electrons. The molecule has 4 nitrogen and oxygen atoms in total. The van der Waals surface area contributed by atoms with Crippen molar-refractivity contribution in [2.45, 2.75) is 32.4 Å². The van der Waals surface area contributed by atoms with Crippen molar-refractivity contribution in [1.82, 2.24) is 9.78 Å². The minimum atomic E-state index is -0.0689. The van der Waals surface area contributed by atoms with Crippen LogP contribution >= 0.6 is 0 Å². The van der Waals surface area contributed by atoms with Crippen molar-refractivity contribution in [1.29, 1.82) is 5.26 Å². The molecule has 15 heavy (non-hydrogen) atoms. The first-order chi connectivity index (χ1) is 7.35. The van der Waals surface area contributed by atoms with E-state index in [0.29, 0.717) is 6.61 Å². The molecule has 0 aliphatic carbocycles. The molecule has 0 radical (unpaired) electrons. The first kappa shape index (κ1) is 10.2. The lowest BCUT2D eigenvalue weighted by Gasteiger charge is -2.09. The molecule has 2 unspecified atom stereocenters. The summed E-state index contributed by atoms with van der Waals surface area (Å²) in [5.74, 6) is -0.00993. The second-order valence-electron chi connectivity index (χ2n) is 3.85. The summed E-state index contributed by atoms with van der Waals surface area (Å²) in [6, 6.07) is 2.29. The fourth-order valence-electron chi connectivity index (χ4n) is 1.93. The number of rotatable bonds is 3. The van der Waals surface area contributed by atoms with E-state index in [-0.39, 0.29) is 12.0 Å². The summed E-state index contributed by atoms with van der Waals surface area (Å²) in [6.07, 6.45) is 5.63. The van der Waals surface area contributed by atoms with Crippen LogP contribution in [0.15, 0.2) is 12.4 Å². The predicted octanol–water partition coefficient (Wildman–Crippen LogP) is 1.89. The van der Waals surface area contributed by atoms with Crippen molar-refractivity contribution in [2.75, 3.05) is 6.61 Å². The van der Waals surface area contributed by atoms with Gasteiger partial charge in [0.25, 0.3) is 0 Å². The summed E-state index contributed by atoms with van der Waals surface area (Å²) in [4.78, 5) is 0. The molecular weight excluding hydrogens is 190 g/mol. The molecule has 0 amide bonds. The SMILES string of the molecule is CCCn1cc(C2OCCC2C#N)cn1. The maximum absolute atomic E-state index is 8.95. The summed E-state index contributed by atoms with van der Waals surface area (Å²) in [5.41, 5.74) is 1.03. The average molecular weight is 205 g/mol.